The Hall–Kier alpha value is -1.10. The molecule has 2 rings (SSSR count). The van der Waals surface area contributed by atoms with E-state index in [2.05, 4.69) is 23.6 Å². The van der Waals surface area contributed by atoms with Gasteiger partial charge in [0.15, 0.2) is 0 Å². The van der Waals surface area contributed by atoms with Crippen LogP contribution in [0.1, 0.15) is 52.4 Å². The van der Waals surface area contributed by atoms with Crippen molar-refractivity contribution in [3.8, 4) is 0 Å². The van der Waals surface area contributed by atoms with Gasteiger partial charge < -0.3 is 10.0 Å². The Morgan fingerprint density at radius 3 is 2.14 bits per heavy atom. The van der Waals surface area contributed by atoms with Crippen LogP contribution in [0.5, 0.6) is 0 Å². The first kappa shape index (κ1) is 16.3. The summed E-state index contributed by atoms with van der Waals surface area (Å²) in [7, 11) is 0. The maximum atomic E-state index is 12.5. The van der Waals surface area contributed by atoms with Crippen molar-refractivity contribution in [3.63, 3.8) is 0 Å². The van der Waals surface area contributed by atoms with E-state index in [0.29, 0.717) is 18.6 Å². The quantitative estimate of drug-likeness (QED) is 0.861. The molecule has 120 valence electrons. The average Bonchev–Trinajstić information content (AvgIpc) is 2.40. The lowest BCUT2D eigenvalue weighted by atomic mass is 9.93. The number of rotatable bonds is 4. The molecule has 0 aromatic carbocycles. The normalized spacial score (nSPS) is 28.6. The molecule has 2 fully saturated rings. The van der Waals surface area contributed by atoms with E-state index in [-0.39, 0.29) is 18.2 Å². The number of hydrogen-bond acceptors (Lipinski definition) is 3. The molecule has 0 radical (unpaired) electrons. The Balaban J connectivity index is 1.80. The predicted molar refractivity (Wildman–Crippen MR) is 81.0 cm³/mol. The summed E-state index contributed by atoms with van der Waals surface area (Å²) in [4.78, 5) is 27.5. The van der Waals surface area contributed by atoms with Crippen LogP contribution < -0.4 is 0 Å². The van der Waals surface area contributed by atoms with Crippen molar-refractivity contribution >= 4 is 11.9 Å². The van der Waals surface area contributed by atoms with E-state index in [4.69, 9.17) is 5.11 Å². The standard InChI is InChI=1S/C16H28N2O3/c1-12-4-3-5-13(2)18(12)15(19)11-17-8-6-14(7-9-17)10-16(20)21/h12-14H,3-11H2,1-2H3,(H,20,21). The van der Waals surface area contributed by atoms with Gasteiger partial charge in [0.1, 0.15) is 0 Å². The molecule has 21 heavy (non-hydrogen) atoms. The SMILES string of the molecule is CC1CCCC(C)N1C(=O)CN1CCC(CC(=O)O)CC1. The lowest BCUT2D eigenvalue weighted by Gasteiger charge is -2.41. The molecule has 2 aliphatic heterocycles. The zero-order valence-electron chi connectivity index (χ0n) is 13.3. The van der Waals surface area contributed by atoms with Crippen LogP contribution in [-0.4, -0.2) is 58.5 Å². The molecule has 0 aromatic rings. The molecule has 5 heteroatoms. The molecule has 2 atom stereocenters. The summed E-state index contributed by atoms with van der Waals surface area (Å²) >= 11 is 0. The van der Waals surface area contributed by atoms with Crippen LogP contribution in [0.25, 0.3) is 0 Å². The molecule has 2 heterocycles. The van der Waals surface area contributed by atoms with Crippen molar-refractivity contribution in [3.05, 3.63) is 0 Å². The van der Waals surface area contributed by atoms with Gasteiger partial charge in [-0.3, -0.25) is 14.5 Å². The fourth-order valence-electron chi connectivity index (χ4n) is 3.78. The molecule has 0 saturated carbocycles. The molecular formula is C16H28N2O3. The monoisotopic (exact) mass is 296 g/mol. The van der Waals surface area contributed by atoms with E-state index >= 15 is 0 Å². The summed E-state index contributed by atoms with van der Waals surface area (Å²) in [6, 6.07) is 0.705. The third-order valence-electron chi connectivity index (χ3n) is 5.01. The van der Waals surface area contributed by atoms with Gasteiger partial charge in [-0.1, -0.05) is 0 Å². The van der Waals surface area contributed by atoms with Crippen molar-refractivity contribution in [1.82, 2.24) is 9.80 Å². The highest BCUT2D eigenvalue weighted by atomic mass is 16.4. The van der Waals surface area contributed by atoms with Crippen molar-refractivity contribution in [1.29, 1.82) is 0 Å². The first-order chi connectivity index (χ1) is 9.97. The van der Waals surface area contributed by atoms with Crippen molar-refractivity contribution in [2.75, 3.05) is 19.6 Å². The fourth-order valence-corrected chi connectivity index (χ4v) is 3.78. The fraction of sp³-hybridized carbons (Fsp3) is 0.875. The second-order valence-electron chi connectivity index (χ2n) is 6.75. The topological polar surface area (TPSA) is 60.9 Å². The first-order valence-corrected chi connectivity index (χ1v) is 8.22. The molecule has 0 aromatic heterocycles. The van der Waals surface area contributed by atoms with Gasteiger partial charge in [-0.05, 0) is 65.0 Å². The molecular weight excluding hydrogens is 268 g/mol. The number of carboxylic acids is 1. The number of nitrogens with zero attached hydrogens (tertiary/aromatic N) is 2. The number of hydrogen-bond donors (Lipinski definition) is 1. The van der Waals surface area contributed by atoms with Gasteiger partial charge in [0, 0.05) is 18.5 Å². The van der Waals surface area contributed by atoms with E-state index < -0.39 is 5.97 Å². The lowest BCUT2D eigenvalue weighted by Crippen LogP contribution is -2.51. The number of carbonyl (C=O) groups is 2. The Morgan fingerprint density at radius 2 is 1.62 bits per heavy atom. The highest BCUT2D eigenvalue weighted by Crippen LogP contribution is 2.24. The average molecular weight is 296 g/mol. The number of piperidine rings is 2. The van der Waals surface area contributed by atoms with E-state index in [9.17, 15) is 9.59 Å². The maximum absolute atomic E-state index is 12.5. The lowest BCUT2D eigenvalue weighted by molar-refractivity contribution is -0.140. The van der Waals surface area contributed by atoms with Crippen LogP contribution >= 0.6 is 0 Å². The summed E-state index contributed by atoms with van der Waals surface area (Å²) in [5.74, 6) is -0.187. The van der Waals surface area contributed by atoms with Gasteiger partial charge in [-0.2, -0.15) is 0 Å². The van der Waals surface area contributed by atoms with Gasteiger partial charge in [-0.25, -0.2) is 0 Å². The molecule has 1 N–H and O–H groups in total. The van der Waals surface area contributed by atoms with E-state index in [0.717, 1.165) is 38.8 Å². The molecule has 2 saturated heterocycles. The summed E-state index contributed by atoms with van der Waals surface area (Å²) in [5.41, 5.74) is 0. The number of amides is 1. The van der Waals surface area contributed by atoms with Crippen molar-refractivity contribution in [2.24, 2.45) is 5.92 Å². The van der Waals surface area contributed by atoms with Crippen LogP contribution in [0.3, 0.4) is 0 Å². The number of carbonyl (C=O) groups excluding carboxylic acids is 1. The summed E-state index contributed by atoms with van der Waals surface area (Å²) in [6.45, 7) is 6.48. The molecule has 2 aliphatic rings. The van der Waals surface area contributed by atoms with Crippen LogP contribution in [0, 0.1) is 5.92 Å². The maximum Gasteiger partial charge on any atom is 0.303 e. The van der Waals surface area contributed by atoms with E-state index in [1.807, 2.05) is 0 Å². The minimum absolute atomic E-state index is 0.242. The van der Waals surface area contributed by atoms with Crippen molar-refractivity contribution in [2.45, 2.75) is 64.5 Å². The van der Waals surface area contributed by atoms with Gasteiger partial charge >= 0.3 is 5.97 Å². The Morgan fingerprint density at radius 1 is 1.05 bits per heavy atom. The van der Waals surface area contributed by atoms with Crippen LogP contribution in [0.15, 0.2) is 0 Å². The summed E-state index contributed by atoms with van der Waals surface area (Å²) < 4.78 is 0. The minimum atomic E-state index is -0.708. The first-order valence-electron chi connectivity index (χ1n) is 8.22. The summed E-state index contributed by atoms with van der Waals surface area (Å²) in [6.07, 6.45) is 5.48. The van der Waals surface area contributed by atoms with Crippen molar-refractivity contribution < 1.29 is 14.7 Å². The Kier molecular flexibility index (Phi) is 5.62. The minimum Gasteiger partial charge on any atom is -0.481 e. The zero-order valence-corrected chi connectivity index (χ0v) is 13.3. The number of likely N-dealkylation sites (tertiary alicyclic amines) is 2. The van der Waals surface area contributed by atoms with Crippen LogP contribution in [0.2, 0.25) is 0 Å². The molecule has 0 aliphatic carbocycles. The third kappa shape index (κ3) is 4.43. The second kappa shape index (κ2) is 7.25. The zero-order chi connectivity index (χ0) is 15.4. The van der Waals surface area contributed by atoms with Gasteiger partial charge in [-0.15, -0.1) is 0 Å². The van der Waals surface area contributed by atoms with E-state index in [1.165, 1.54) is 6.42 Å². The molecule has 0 spiro atoms. The summed E-state index contributed by atoms with van der Waals surface area (Å²) in [5, 5.41) is 8.83. The highest BCUT2D eigenvalue weighted by Gasteiger charge is 2.30. The van der Waals surface area contributed by atoms with E-state index in [1.54, 1.807) is 0 Å². The smallest absolute Gasteiger partial charge is 0.303 e. The van der Waals surface area contributed by atoms with Gasteiger partial charge in [0.2, 0.25) is 5.91 Å². The predicted octanol–water partition coefficient (Wildman–Crippen LogP) is 1.96. The third-order valence-corrected chi connectivity index (χ3v) is 5.01. The highest BCUT2D eigenvalue weighted by molar-refractivity contribution is 5.79. The Bertz CT molecular complexity index is 368. The molecule has 5 nitrogen and oxygen atoms in total. The second-order valence-corrected chi connectivity index (χ2v) is 6.75. The Labute approximate surface area is 127 Å². The van der Waals surface area contributed by atoms with Crippen LogP contribution in [0.4, 0.5) is 0 Å². The van der Waals surface area contributed by atoms with Gasteiger partial charge in [0.25, 0.3) is 0 Å². The molecule has 0 bridgehead atoms. The van der Waals surface area contributed by atoms with Crippen LogP contribution in [-0.2, 0) is 9.59 Å². The number of aliphatic carboxylic acids is 1. The molecule has 2 unspecified atom stereocenters. The number of carboxylic acid groups (broad SMARTS) is 1. The molecule has 1 amide bonds. The van der Waals surface area contributed by atoms with Gasteiger partial charge in [0.05, 0.1) is 6.54 Å². The largest absolute Gasteiger partial charge is 0.481 e.